The average molecular weight is 550 g/mol. The van der Waals surface area contributed by atoms with Gasteiger partial charge in [0.25, 0.3) is 5.52 Å². The zero-order chi connectivity index (χ0) is 21.5. The van der Waals surface area contributed by atoms with Crippen LogP contribution in [-0.2, 0) is 23.6 Å². The maximum atomic E-state index is 6.27. The van der Waals surface area contributed by atoms with E-state index in [1.807, 2.05) is 12.1 Å². The van der Waals surface area contributed by atoms with Crippen molar-refractivity contribution in [3.8, 4) is 0 Å². The summed E-state index contributed by atoms with van der Waals surface area (Å²) in [4.78, 5) is 2.36. The van der Waals surface area contributed by atoms with Crippen LogP contribution in [0.15, 0.2) is 22.7 Å². The van der Waals surface area contributed by atoms with E-state index < -0.39 is 0 Å². The molecule has 0 radical (unpaired) electrons. The summed E-state index contributed by atoms with van der Waals surface area (Å²) in [6, 6.07) is 3.77. The molecule has 2 aromatic rings. The Bertz CT molecular complexity index is 859. The Kier molecular flexibility index (Phi) is 14.9. The summed E-state index contributed by atoms with van der Waals surface area (Å²) in [5, 5.41) is 1.13. The molecule has 1 aromatic heterocycles. The molecule has 1 aliphatic heterocycles. The Balaban J connectivity index is 0.000000646. The van der Waals surface area contributed by atoms with Gasteiger partial charge in [-0.25, -0.2) is 0 Å². The van der Waals surface area contributed by atoms with Gasteiger partial charge in [-0.3, -0.25) is 0 Å². The van der Waals surface area contributed by atoms with Gasteiger partial charge in [0, 0.05) is 37.8 Å². The SMILES string of the molecule is C1CCCC1.Clc1cc2oc(/C=C/N3CCCC3)[n+](CCCC3CCCC3)c2cc1Cl.[CH3-].[CH3-].[Fe+2]. The van der Waals surface area contributed by atoms with Crippen LogP contribution in [0, 0.1) is 20.8 Å². The number of nitrogens with zero attached hydrogens (tertiary/aromatic N) is 2. The third-order valence-electron chi connectivity index (χ3n) is 7.06. The van der Waals surface area contributed by atoms with Gasteiger partial charge in [-0.05, 0) is 25.2 Å². The van der Waals surface area contributed by atoms with Crippen LogP contribution in [0.25, 0.3) is 17.2 Å². The van der Waals surface area contributed by atoms with Crippen LogP contribution < -0.4 is 4.57 Å². The molecule has 3 aliphatic rings. The number of fused-ring (bicyclic) bond motifs is 1. The fourth-order valence-corrected chi connectivity index (χ4v) is 5.54. The number of oxazole rings is 1. The molecule has 6 heteroatoms. The van der Waals surface area contributed by atoms with E-state index in [0.717, 1.165) is 42.5 Å². The minimum absolute atomic E-state index is 0. The maximum Gasteiger partial charge on any atom is 2.00 e. The maximum absolute atomic E-state index is 6.27. The first-order valence-corrected chi connectivity index (χ1v) is 13.2. The van der Waals surface area contributed by atoms with Crippen LogP contribution in [0.4, 0.5) is 0 Å². The van der Waals surface area contributed by atoms with Crippen molar-refractivity contribution in [2.75, 3.05) is 13.1 Å². The second-order valence-electron chi connectivity index (χ2n) is 9.45. The number of aryl methyl sites for hydroxylation is 1. The largest absolute Gasteiger partial charge is 2.00 e. The van der Waals surface area contributed by atoms with Gasteiger partial charge < -0.3 is 24.2 Å². The van der Waals surface area contributed by atoms with Crippen molar-refractivity contribution < 1.29 is 26.1 Å². The third-order valence-corrected chi connectivity index (χ3v) is 7.78. The first kappa shape index (κ1) is 31.4. The van der Waals surface area contributed by atoms with E-state index in [0.29, 0.717) is 10.0 Å². The number of aromatic nitrogens is 1. The fourth-order valence-electron chi connectivity index (χ4n) is 5.23. The van der Waals surface area contributed by atoms with E-state index in [1.165, 1.54) is 83.5 Å². The van der Waals surface area contributed by atoms with Gasteiger partial charge in [-0.1, -0.05) is 81.0 Å². The molecule has 34 heavy (non-hydrogen) atoms. The second kappa shape index (κ2) is 16.1. The molecule has 5 rings (SSSR count). The number of benzene rings is 1. The summed E-state index contributed by atoms with van der Waals surface area (Å²) in [5.74, 6) is 1.80. The average Bonchev–Trinajstić information content (AvgIpc) is 3.57. The van der Waals surface area contributed by atoms with E-state index >= 15 is 0 Å². The van der Waals surface area contributed by atoms with Crippen molar-refractivity contribution in [3.63, 3.8) is 0 Å². The summed E-state index contributed by atoms with van der Waals surface area (Å²) in [6.07, 6.45) is 22.4. The minimum atomic E-state index is 0. The molecule has 2 saturated carbocycles. The van der Waals surface area contributed by atoms with E-state index in [1.54, 1.807) is 0 Å². The third kappa shape index (κ3) is 8.77. The molecular formula is C28H43Cl2FeN2O+. The summed E-state index contributed by atoms with van der Waals surface area (Å²) < 4.78 is 8.39. The monoisotopic (exact) mass is 549 g/mol. The zero-order valence-corrected chi connectivity index (χ0v) is 23.7. The summed E-state index contributed by atoms with van der Waals surface area (Å²) in [5.41, 5.74) is 1.84. The van der Waals surface area contributed by atoms with Gasteiger partial charge in [0.2, 0.25) is 5.58 Å². The fraction of sp³-hybridized carbons (Fsp3) is 0.607. The van der Waals surface area contributed by atoms with E-state index in [-0.39, 0.29) is 31.9 Å². The smallest absolute Gasteiger partial charge is 0.398 e. The van der Waals surface area contributed by atoms with Crippen molar-refractivity contribution in [1.82, 2.24) is 4.90 Å². The van der Waals surface area contributed by atoms with Gasteiger partial charge in [0.1, 0.15) is 0 Å². The van der Waals surface area contributed by atoms with Crippen LogP contribution in [0.1, 0.15) is 89.4 Å². The molecule has 2 aliphatic carbocycles. The van der Waals surface area contributed by atoms with Gasteiger partial charge in [-0.15, -0.1) is 0 Å². The standard InChI is InChI=1S/C21H27Cl2N2O.C5H10.2CH3.Fe/c22-17-14-19-20(15-18(17)23)26-21(9-13-24-10-3-4-11-24)25(19)12-5-8-16-6-1-2-7-16;1-2-4-5-3-1;;;/h9,13-16H,1-8,10-12H2;1-5H2;2*1H3;/q+1;;2*-1;+2. The molecule has 2 heterocycles. The van der Waals surface area contributed by atoms with Gasteiger partial charge in [-0.2, -0.15) is 4.57 Å². The summed E-state index contributed by atoms with van der Waals surface area (Å²) in [7, 11) is 0. The Morgan fingerprint density at radius 2 is 1.47 bits per heavy atom. The van der Waals surface area contributed by atoms with Crippen molar-refractivity contribution in [2.45, 2.75) is 90.0 Å². The van der Waals surface area contributed by atoms with Crippen molar-refractivity contribution >= 4 is 40.4 Å². The van der Waals surface area contributed by atoms with Crippen LogP contribution >= 0.6 is 23.2 Å². The predicted molar refractivity (Wildman–Crippen MR) is 143 cm³/mol. The van der Waals surface area contributed by atoms with E-state index in [4.69, 9.17) is 27.6 Å². The van der Waals surface area contributed by atoms with E-state index in [9.17, 15) is 0 Å². The Morgan fingerprint density at radius 1 is 0.882 bits per heavy atom. The first-order valence-electron chi connectivity index (χ1n) is 12.4. The van der Waals surface area contributed by atoms with Gasteiger partial charge in [0.05, 0.1) is 16.1 Å². The zero-order valence-electron chi connectivity index (χ0n) is 21.1. The molecule has 0 spiro atoms. The predicted octanol–water partition coefficient (Wildman–Crippen LogP) is 8.91. The molecule has 0 N–H and O–H groups in total. The summed E-state index contributed by atoms with van der Waals surface area (Å²) in [6.45, 7) is 3.23. The molecule has 1 saturated heterocycles. The molecule has 3 nitrogen and oxygen atoms in total. The van der Waals surface area contributed by atoms with E-state index in [2.05, 4.69) is 21.7 Å². The molecule has 0 unspecified atom stereocenters. The molecule has 1 aromatic carbocycles. The quantitative estimate of drug-likeness (QED) is 0.203. The molecular weight excluding hydrogens is 507 g/mol. The Morgan fingerprint density at radius 3 is 2.09 bits per heavy atom. The molecule has 0 bridgehead atoms. The van der Waals surface area contributed by atoms with Crippen LogP contribution in [0.3, 0.4) is 0 Å². The molecule has 3 fully saturated rings. The first-order chi connectivity index (χ1) is 15.2. The molecule has 0 amide bonds. The second-order valence-corrected chi connectivity index (χ2v) is 10.3. The van der Waals surface area contributed by atoms with Gasteiger partial charge in [0.15, 0.2) is 6.54 Å². The Labute approximate surface area is 228 Å². The van der Waals surface area contributed by atoms with Crippen molar-refractivity contribution in [2.24, 2.45) is 5.92 Å². The summed E-state index contributed by atoms with van der Waals surface area (Å²) >= 11 is 12.5. The number of hydrogen-bond donors (Lipinski definition) is 0. The number of rotatable bonds is 6. The number of halogens is 2. The minimum Gasteiger partial charge on any atom is -0.398 e. The molecule has 0 atom stereocenters. The van der Waals surface area contributed by atoms with Gasteiger partial charge >= 0.3 is 23.0 Å². The van der Waals surface area contributed by atoms with Crippen LogP contribution in [-0.4, -0.2) is 18.0 Å². The number of likely N-dealkylation sites (tertiary alicyclic amines) is 1. The van der Waals surface area contributed by atoms with Crippen LogP contribution in [0.5, 0.6) is 0 Å². The topological polar surface area (TPSA) is 20.3 Å². The normalized spacial score (nSPS) is 17.9. The number of hydrogen-bond acceptors (Lipinski definition) is 2. The van der Waals surface area contributed by atoms with Crippen molar-refractivity contribution in [3.05, 3.63) is 49.1 Å². The Hall–Kier alpha value is -0.671. The van der Waals surface area contributed by atoms with Crippen LogP contribution in [0.2, 0.25) is 10.0 Å². The van der Waals surface area contributed by atoms with Crippen molar-refractivity contribution in [1.29, 1.82) is 0 Å². The molecule has 192 valence electrons.